The fraction of sp³-hybridized carbons (Fsp3) is 0.100. The molecule has 0 aliphatic heterocycles. The predicted molar refractivity (Wildman–Crippen MR) is 106 cm³/mol. The largest absolute Gasteiger partial charge is 0.457 e. The number of nitro groups is 1. The zero-order chi connectivity index (χ0) is 20.1. The fourth-order valence-electron chi connectivity index (χ4n) is 2.74. The van der Waals surface area contributed by atoms with Crippen molar-refractivity contribution >= 4 is 21.4 Å². The Balaban J connectivity index is 1.92. The molecule has 0 radical (unpaired) electrons. The average Bonchev–Trinajstić information content (AvgIpc) is 2.70. The molecule has 144 valence electrons. The highest BCUT2D eigenvalue weighted by molar-refractivity contribution is 7.93. The standard InChI is InChI=1S/C20H18N2O5S/c1-2-21(28(25,26)20-11-7-6-10-19(20)22(23)24)16-12-14-18(15-13-16)27-17-8-4-3-5-9-17/h3-15H,2H2,1H3. The van der Waals surface area contributed by atoms with Crippen molar-refractivity contribution in [2.45, 2.75) is 11.8 Å². The molecular weight excluding hydrogens is 380 g/mol. The summed E-state index contributed by atoms with van der Waals surface area (Å²) in [6, 6.07) is 21.0. The van der Waals surface area contributed by atoms with E-state index in [0.717, 1.165) is 4.31 Å². The van der Waals surface area contributed by atoms with Crippen molar-refractivity contribution in [3.05, 3.63) is 89.0 Å². The van der Waals surface area contributed by atoms with Crippen molar-refractivity contribution in [2.75, 3.05) is 10.8 Å². The van der Waals surface area contributed by atoms with Crippen molar-refractivity contribution in [1.29, 1.82) is 0 Å². The van der Waals surface area contributed by atoms with Gasteiger partial charge in [0.25, 0.3) is 15.7 Å². The van der Waals surface area contributed by atoms with Crippen LogP contribution >= 0.6 is 0 Å². The molecule has 0 spiro atoms. The Labute approximate surface area is 163 Å². The Morgan fingerprint density at radius 1 is 0.893 bits per heavy atom. The summed E-state index contributed by atoms with van der Waals surface area (Å²) in [6.07, 6.45) is 0. The maximum absolute atomic E-state index is 13.1. The van der Waals surface area contributed by atoms with Crippen LogP contribution in [0.5, 0.6) is 11.5 Å². The molecule has 3 rings (SSSR count). The number of anilines is 1. The Bertz CT molecular complexity index is 1070. The third-order valence-electron chi connectivity index (χ3n) is 4.02. The molecule has 0 N–H and O–H groups in total. The molecule has 0 saturated carbocycles. The molecule has 3 aromatic rings. The number of para-hydroxylation sites is 2. The Morgan fingerprint density at radius 3 is 2.07 bits per heavy atom. The topological polar surface area (TPSA) is 89.8 Å². The summed E-state index contributed by atoms with van der Waals surface area (Å²) in [6.45, 7) is 1.79. The van der Waals surface area contributed by atoms with Gasteiger partial charge >= 0.3 is 0 Å². The van der Waals surface area contributed by atoms with E-state index in [0.29, 0.717) is 17.2 Å². The van der Waals surface area contributed by atoms with E-state index in [4.69, 9.17) is 4.74 Å². The number of nitrogens with zero attached hydrogens (tertiary/aromatic N) is 2. The van der Waals surface area contributed by atoms with Crippen LogP contribution in [-0.2, 0) is 10.0 Å². The van der Waals surface area contributed by atoms with Gasteiger partial charge in [-0.2, -0.15) is 0 Å². The van der Waals surface area contributed by atoms with Crippen LogP contribution in [0, 0.1) is 10.1 Å². The zero-order valence-electron chi connectivity index (χ0n) is 15.1. The summed E-state index contributed by atoms with van der Waals surface area (Å²) in [7, 11) is -4.10. The van der Waals surface area contributed by atoms with E-state index in [1.165, 1.54) is 24.3 Å². The first-order chi connectivity index (χ1) is 13.4. The third kappa shape index (κ3) is 3.96. The van der Waals surface area contributed by atoms with Crippen molar-refractivity contribution in [3.63, 3.8) is 0 Å². The van der Waals surface area contributed by atoms with E-state index in [2.05, 4.69) is 0 Å². The van der Waals surface area contributed by atoms with Crippen molar-refractivity contribution in [3.8, 4) is 11.5 Å². The molecule has 0 bridgehead atoms. The molecule has 0 saturated heterocycles. The third-order valence-corrected chi connectivity index (χ3v) is 5.97. The molecule has 0 atom stereocenters. The van der Waals surface area contributed by atoms with Crippen molar-refractivity contribution < 1.29 is 18.1 Å². The van der Waals surface area contributed by atoms with Crippen molar-refractivity contribution in [2.24, 2.45) is 0 Å². The van der Waals surface area contributed by atoms with Crippen LogP contribution in [0.2, 0.25) is 0 Å². The van der Waals surface area contributed by atoms with E-state index in [-0.39, 0.29) is 11.4 Å². The van der Waals surface area contributed by atoms with Gasteiger partial charge in [0.1, 0.15) is 11.5 Å². The highest BCUT2D eigenvalue weighted by Crippen LogP contribution is 2.31. The lowest BCUT2D eigenvalue weighted by Crippen LogP contribution is -2.31. The summed E-state index contributed by atoms with van der Waals surface area (Å²) >= 11 is 0. The molecule has 0 unspecified atom stereocenters. The molecule has 0 fully saturated rings. The second kappa shape index (κ2) is 8.10. The van der Waals surface area contributed by atoms with Gasteiger partial charge in [0.2, 0.25) is 0 Å². The lowest BCUT2D eigenvalue weighted by molar-refractivity contribution is -0.387. The van der Waals surface area contributed by atoms with Gasteiger partial charge in [-0.3, -0.25) is 14.4 Å². The molecule has 28 heavy (non-hydrogen) atoms. The fourth-order valence-corrected chi connectivity index (χ4v) is 4.38. The average molecular weight is 398 g/mol. The summed E-state index contributed by atoms with van der Waals surface area (Å²) in [5.74, 6) is 1.21. The van der Waals surface area contributed by atoms with Gasteiger partial charge in [0.15, 0.2) is 4.90 Å². The lowest BCUT2D eigenvalue weighted by atomic mass is 10.3. The smallest absolute Gasteiger partial charge is 0.289 e. The second-order valence-electron chi connectivity index (χ2n) is 5.80. The van der Waals surface area contributed by atoms with E-state index in [9.17, 15) is 18.5 Å². The number of sulfonamides is 1. The van der Waals surface area contributed by atoms with E-state index in [1.807, 2.05) is 30.3 Å². The molecule has 7 nitrogen and oxygen atoms in total. The highest BCUT2D eigenvalue weighted by Gasteiger charge is 2.30. The first-order valence-electron chi connectivity index (χ1n) is 8.52. The first-order valence-corrected chi connectivity index (χ1v) is 9.96. The minimum atomic E-state index is -4.10. The van der Waals surface area contributed by atoms with Gasteiger partial charge in [-0.15, -0.1) is 0 Å². The van der Waals surface area contributed by atoms with Crippen molar-refractivity contribution in [1.82, 2.24) is 0 Å². The molecule has 0 amide bonds. The van der Waals surface area contributed by atoms with Crippen LogP contribution in [0.15, 0.2) is 83.8 Å². The number of nitro benzene ring substituents is 1. The van der Waals surface area contributed by atoms with E-state index in [1.54, 1.807) is 31.2 Å². The number of rotatable bonds is 7. The van der Waals surface area contributed by atoms with Crippen LogP contribution in [0.4, 0.5) is 11.4 Å². The molecule has 3 aromatic carbocycles. The Kier molecular flexibility index (Phi) is 5.60. The first kappa shape index (κ1) is 19.4. The second-order valence-corrected chi connectivity index (χ2v) is 7.63. The minimum absolute atomic E-state index is 0.118. The van der Waals surface area contributed by atoms with Crippen LogP contribution in [0.3, 0.4) is 0 Å². The van der Waals surface area contributed by atoms with Crippen LogP contribution in [0.1, 0.15) is 6.92 Å². The molecule has 0 heterocycles. The maximum atomic E-state index is 13.1. The quantitative estimate of drug-likeness (QED) is 0.428. The zero-order valence-corrected chi connectivity index (χ0v) is 15.9. The van der Waals surface area contributed by atoms with E-state index >= 15 is 0 Å². The normalized spacial score (nSPS) is 11.0. The monoisotopic (exact) mass is 398 g/mol. The maximum Gasteiger partial charge on any atom is 0.289 e. The number of hydrogen-bond acceptors (Lipinski definition) is 5. The van der Waals surface area contributed by atoms with Gasteiger partial charge < -0.3 is 4.74 Å². The van der Waals surface area contributed by atoms with Crippen LogP contribution in [0.25, 0.3) is 0 Å². The Hall–Kier alpha value is -3.39. The van der Waals surface area contributed by atoms with E-state index < -0.39 is 20.6 Å². The number of benzene rings is 3. The summed E-state index contributed by atoms with van der Waals surface area (Å²) in [5, 5.41) is 11.2. The summed E-state index contributed by atoms with van der Waals surface area (Å²) < 4.78 is 32.9. The summed E-state index contributed by atoms with van der Waals surface area (Å²) in [4.78, 5) is 10.2. The van der Waals surface area contributed by atoms with Gasteiger partial charge in [0, 0.05) is 12.6 Å². The van der Waals surface area contributed by atoms with Gasteiger partial charge in [-0.05, 0) is 49.4 Å². The number of hydrogen-bond donors (Lipinski definition) is 0. The van der Waals surface area contributed by atoms with Gasteiger partial charge in [-0.1, -0.05) is 30.3 Å². The Morgan fingerprint density at radius 2 is 1.46 bits per heavy atom. The SMILES string of the molecule is CCN(c1ccc(Oc2ccccc2)cc1)S(=O)(=O)c1ccccc1[N+](=O)[O-]. The number of ether oxygens (including phenoxy) is 1. The molecular formula is C20H18N2O5S. The van der Waals surface area contributed by atoms with Gasteiger partial charge in [0.05, 0.1) is 10.6 Å². The van der Waals surface area contributed by atoms with Crippen LogP contribution in [-0.4, -0.2) is 19.9 Å². The minimum Gasteiger partial charge on any atom is -0.457 e. The van der Waals surface area contributed by atoms with Gasteiger partial charge in [-0.25, -0.2) is 8.42 Å². The van der Waals surface area contributed by atoms with Crippen LogP contribution < -0.4 is 9.04 Å². The molecule has 0 aromatic heterocycles. The summed E-state index contributed by atoms with van der Waals surface area (Å²) in [5.41, 5.74) is -0.0638. The lowest BCUT2D eigenvalue weighted by Gasteiger charge is -2.23. The molecule has 0 aliphatic carbocycles. The highest BCUT2D eigenvalue weighted by atomic mass is 32.2. The molecule has 0 aliphatic rings. The predicted octanol–water partition coefficient (Wildman–Crippen LogP) is 4.60. The molecule has 8 heteroatoms.